The van der Waals surface area contributed by atoms with Gasteiger partial charge in [0.05, 0.1) is 17.2 Å². The zero-order chi connectivity index (χ0) is 19.2. The van der Waals surface area contributed by atoms with Gasteiger partial charge in [0, 0.05) is 25.0 Å². The Morgan fingerprint density at radius 3 is 2.85 bits per heavy atom. The minimum atomic E-state index is -0.403. The Hall–Kier alpha value is -2.64. The number of hydrogen-bond acceptors (Lipinski definition) is 6. The van der Waals surface area contributed by atoms with Gasteiger partial charge in [-0.2, -0.15) is 4.98 Å². The molecule has 2 fully saturated rings. The van der Waals surface area contributed by atoms with E-state index in [1.54, 1.807) is 13.0 Å². The average Bonchev–Trinajstić information content (AvgIpc) is 3.36. The van der Waals surface area contributed by atoms with Gasteiger partial charge in [0.15, 0.2) is 5.82 Å². The van der Waals surface area contributed by atoms with Crippen LogP contribution < -0.4 is 5.32 Å². The van der Waals surface area contributed by atoms with Crippen molar-refractivity contribution in [2.45, 2.75) is 45.1 Å². The zero-order valence-electron chi connectivity index (χ0n) is 15.8. The van der Waals surface area contributed by atoms with E-state index in [9.17, 15) is 9.59 Å². The summed E-state index contributed by atoms with van der Waals surface area (Å²) in [6.07, 6.45) is 4.36. The molecule has 2 aromatic rings. The van der Waals surface area contributed by atoms with Gasteiger partial charge in [0.25, 0.3) is 5.91 Å². The van der Waals surface area contributed by atoms with Crippen molar-refractivity contribution < 1.29 is 18.5 Å². The number of carbonyl (C=O) groups is 2. The maximum Gasteiger partial charge on any atom is 0.254 e. The number of amides is 2. The molecule has 1 N–H and O–H groups in total. The zero-order valence-corrected chi connectivity index (χ0v) is 15.8. The molecule has 2 amide bonds. The van der Waals surface area contributed by atoms with Crippen LogP contribution in [0.5, 0.6) is 0 Å². The number of likely N-dealkylation sites (tertiary alicyclic amines) is 1. The largest absolute Gasteiger partial charge is 0.472 e. The van der Waals surface area contributed by atoms with E-state index < -0.39 is 5.41 Å². The number of nitrogens with zero attached hydrogens (tertiary/aromatic N) is 3. The normalized spacial score (nSPS) is 27.2. The van der Waals surface area contributed by atoms with Gasteiger partial charge in [-0.1, -0.05) is 19.0 Å². The van der Waals surface area contributed by atoms with Crippen molar-refractivity contribution in [1.82, 2.24) is 20.4 Å². The molecule has 0 aromatic carbocycles. The Kier molecular flexibility index (Phi) is 4.28. The van der Waals surface area contributed by atoms with Crippen molar-refractivity contribution >= 4 is 11.8 Å². The minimum Gasteiger partial charge on any atom is -0.472 e. The molecule has 3 heterocycles. The monoisotopic (exact) mass is 372 g/mol. The summed E-state index contributed by atoms with van der Waals surface area (Å²) < 4.78 is 10.5. The molecule has 2 aromatic heterocycles. The van der Waals surface area contributed by atoms with Gasteiger partial charge in [0.1, 0.15) is 6.26 Å². The fourth-order valence-electron chi connectivity index (χ4n) is 4.51. The fraction of sp³-hybridized carbons (Fsp3) is 0.579. The molecule has 1 saturated heterocycles. The Bertz CT molecular complexity index is 844. The molecule has 144 valence electrons. The molecule has 27 heavy (non-hydrogen) atoms. The third-order valence-corrected chi connectivity index (χ3v) is 5.75. The van der Waals surface area contributed by atoms with Crippen molar-refractivity contribution in [2.75, 3.05) is 13.1 Å². The lowest BCUT2D eigenvalue weighted by Crippen LogP contribution is -2.40. The standard InChI is InChI=1S/C19H24N4O4/c1-11(2)17(25)23-8-14-6-15(21-16(24)13-4-5-26-9-13)7-19(14,10-23)18-20-12(3)22-27-18/h4-5,9,11,14-15H,6-8,10H2,1-3H3,(H,21,24)/t14?,15-,19+/m1/s1. The molecule has 8 nitrogen and oxygen atoms in total. The van der Waals surface area contributed by atoms with Gasteiger partial charge in [-0.25, -0.2) is 0 Å². The van der Waals surface area contributed by atoms with Crippen LogP contribution in [0.15, 0.2) is 27.5 Å². The van der Waals surface area contributed by atoms with Crippen LogP contribution in [0.1, 0.15) is 48.8 Å². The van der Waals surface area contributed by atoms with Gasteiger partial charge in [0.2, 0.25) is 11.8 Å². The lowest BCUT2D eigenvalue weighted by atomic mass is 9.80. The highest BCUT2D eigenvalue weighted by atomic mass is 16.5. The number of carbonyl (C=O) groups excluding carboxylic acids is 2. The van der Waals surface area contributed by atoms with Crippen LogP contribution in [-0.4, -0.2) is 46.0 Å². The summed E-state index contributed by atoms with van der Waals surface area (Å²) in [5.41, 5.74) is 0.103. The second kappa shape index (κ2) is 6.51. The van der Waals surface area contributed by atoms with E-state index in [1.807, 2.05) is 18.7 Å². The molecule has 1 aliphatic carbocycles. The van der Waals surface area contributed by atoms with Crippen LogP contribution in [-0.2, 0) is 10.2 Å². The molecule has 1 unspecified atom stereocenters. The van der Waals surface area contributed by atoms with E-state index in [0.717, 1.165) is 6.42 Å². The minimum absolute atomic E-state index is 0.0130. The molecule has 4 rings (SSSR count). The first-order valence-electron chi connectivity index (χ1n) is 9.31. The summed E-state index contributed by atoms with van der Waals surface area (Å²) in [4.78, 5) is 31.3. The van der Waals surface area contributed by atoms with Crippen molar-refractivity contribution in [3.8, 4) is 0 Å². The lowest BCUT2D eigenvalue weighted by molar-refractivity contribution is -0.133. The number of fused-ring (bicyclic) bond motifs is 1. The first-order valence-corrected chi connectivity index (χ1v) is 9.31. The quantitative estimate of drug-likeness (QED) is 0.880. The number of furan rings is 1. The molecule has 0 spiro atoms. The first kappa shape index (κ1) is 17.8. The van der Waals surface area contributed by atoms with Crippen LogP contribution in [0, 0.1) is 18.8 Å². The van der Waals surface area contributed by atoms with Crippen LogP contribution in [0.3, 0.4) is 0 Å². The highest BCUT2D eigenvalue weighted by Crippen LogP contribution is 2.50. The predicted octanol–water partition coefficient (Wildman–Crippen LogP) is 1.92. The van der Waals surface area contributed by atoms with E-state index in [-0.39, 0.29) is 29.7 Å². The lowest BCUT2D eigenvalue weighted by Gasteiger charge is -2.26. The molecule has 0 bridgehead atoms. The van der Waals surface area contributed by atoms with Gasteiger partial charge < -0.3 is 19.2 Å². The predicted molar refractivity (Wildman–Crippen MR) is 94.8 cm³/mol. The van der Waals surface area contributed by atoms with Crippen molar-refractivity contribution in [3.63, 3.8) is 0 Å². The van der Waals surface area contributed by atoms with Gasteiger partial charge in [-0.15, -0.1) is 0 Å². The SMILES string of the molecule is Cc1noc([C@]23C[C@H](NC(=O)c4ccoc4)CC2CN(C(=O)C(C)C)C3)n1. The summed E-state index contributed by atoms with van der Waals surface area (Å²) in [6, 6.07) is 1.63. The number of aryl methyl sites for hydroxylation is 1. The molecular formula is C19H24N4O4. The summed E-state index contributed by atoms with van der Waals surface area (Å²) >= 11 is 0. The molecule has 1 saturated carbocycles. The molecule has 3 atom stereocenters. The highest BCUT2D eigenvalue weighted by molar-refractivity contribution is 5.94. The maximum atomic E-state index is 12.5. The van der Waals surface area contributed by atoms with E-state index in [4.69, 9.17) is 8.94 Å². The van der Waals surface area contributed by atoms with E-state index in [1.165, 1.54) is 12.5 Å². The Balaban J connectivity index is 1.57. The Morgan fingerprint density at radius 2 is 2.22 bits per heavy atom. The summed E-state index contributed by atoms with van der Waals surface area (Å²) in [6.45, 7) is 6.81. The number of rotatable bonds is 4. The van der Waals surface area contributed by atoms with Crippen LogP contribution in [0.2, 0.25) is 0 Å². The Morgan fingerprint density at radius 1 is 1.41 bits per heavy atom. The first-order chi connectivity index (χ1) is 12.9. The smallest absolute Gasteiger partial charge is 0.254 e. The highest BCUT2D eigenvalue weighted by Gasteiger charge is 2.58. The van der Waals surface area contributed by atoms with Crippen LogP contribution >= 0.6 is 0 Å². The van der Waals surface area contributed by atoms with Crippen molar-refractivity contribution in [2.24, 2.45) is 11.8 Å². The third kappa shape index (κ3) is 3.02. The van der Waals surface area contributed by atoms with Gasteiger partial charge in [-0.05, 0) is 31.7 Å². The summed E-state index contributed by atoms with van der Waals surface area (Å²) in [7, 11) is 0. The number of nitrogens with one attached hydrogen (secondary N) is 1. The number of hydrogen-bond donors (Lipinski definition) is 1. The molecule has 1 aliphatic heterocycles. The van der Waals surface area contributed by atoms with Crippen molar-refractivity contribution in [1.29, 1.82) is 0 Å². The molecule has 2 aliphatic rings. The topological polar surface area (TPSA) is 101 Å². The maximum absolute atomic E-state index is 12.5. The second-order valence-corrected chi connectivity index (χ2v) is 8.00. The molecular weight excluding hydrogens is 348 g/mol. The summed E-state index contributed by atoms with van der Waals surface area (Å²) in [5.74, 6) is 1.26. The van der Waals surface area contributed by atoms with Crippen LogP contribution in [0.25, 0.3) is 0 Å². The number of aromatic nitrogens is 2. The third-order valence-electron chi connectivity index (χ3n) is 5.75. The fourth-order valence-corrected chi connectivity index (χ4v) is 4.51. The van der Waals surface area contributed by atoms with Crippen LogP contribution in [0.4, 0.5) is 0 Å². The van der Waals surface area contributed by atoms with E-state index >= 15 is 0 Å². The Labute approximate surface area is 157 Å². The second-order valence-electron chi connectivity index (χ2n) is 8.00. The average molecular weight is 372 g/mol. The summed E-state index contributed by atoms with van der Waals surface area (Å²) in [5, 5.41) is 7.04. The van der Waals surface area contributed by atoms with Gasteiger partial charge >= 0.3 is 0 Å². The van der Waals surface area contributed by atoms with Crippen molar-refractivity contribution in [3.05, 3.63) is 35.9 Å². The molecule has 8 heteroatoms. The molecule has 0 radical (unpaired) electrons. The van der Waals surface area contributed by atoms with E-state index in [0.29, 0.717) is 36.8 Å². The van der Waals surface area contributed by atoms with Gasteiger partial charge in [-0.3, -0.25) is 9.59 Å². The van der Waals surface area contributed by atoms with E-state index in [2.05, 4.69) is 15.5 Å².